The van der Waals surface area contributed by atoms with Crippen LogP contribution in [0, 0.1) is 0 Å². The van der Waals surface area contributed by atoms with Crippen LogP contribution in [0.25, 0.3) is 0 Å². The fraction of sp³-hybridized carbons (Fsp3) is 0.667. The molecule has 3 heterocycles. The van der Waals surface area contributed by atoms with Gasteiger partial charge in [-0.3, -0.25) is 0 Å². The van der Waals surface area contributed by atoms with E-state index in [-0.39, 0.29) is 6.61 Å². The zero-order chi connectivity index (χ0) is 13.1. The molecule has 1 N–H and O–H groups in total. The van der Waals surface area contributed by atoms with Gasteiger partial charge >= 0.3 is 0 Å². The number of hydrogen-bond donors (Lipinski definition) is 1. The van der Waals surface area contributed by atoms with E-state index in [0.29, 0.717) is 6.54 Å². The van der Waals surface area contributed by atoms with Crippen LogP contribution in [0.3, 0.4) is 0 Å². The summed E-state index contributed by atoms with van der Waals surface area (Å²) in [6.45, 7) is 1.80. The van der Waals surface area contributed by atoms with E-state index in [2.05, 4.69) is 25.1 Å². The summed E-state index contributed by atoms with van der Waals surface area (Å²) in [6.07, 6.45) is 6.81. The van der Waals surface area contributed by atoms with Gasteiger partial charge in [0.25, 0.3) is 0 Å². The standard InChI is InChI=1S/C12H18N6O/c19-7-3-4-10-8-17(16-13-10)9-12-15-14-11-5-1-2-6-18(11)12/h8,19H,1-7,9H2. The molecule has 1 aliphatic rings. The molecule has 0 amide bonds. The highest BCUT2D eigenvalue weighted by atomic mass is 16.2. The van der Waals surface area contributed by atoms with Crippen molar-refractivity contribution in [2.24, 2.45) is 0 Å². The van der Waals surface area contributed by atoms with Gasteiger partial charge in [0.1, 0.15) is 12.4 Å². The zero-order valence-electron chi connectivity index (χ0n) is 10.9. The molecule has 19 heavy (non-hydrogen) atoms. The first-order valence-electron chi connectivity index (χ1n) is 6.77. The van der Waals surface area contributed by atoms with Crippen LogP contribution in [0.15, 0.2) is 6.20 Å². The molecule has 2 aromatic rings. The minimum absolute atomic E-state index is 0.185. The summed E-state index contributed by atoms with van der Waals surface area (Å²) in [6, 6.07) is 0. The molecule has 3 rings (SSSR count). The lowest BCUT2D eigenvalue weighted by Crippen LogP contribution is -2.15. The number of aromatic nitrogens is 6. The van der Waals surface area contributed by atoms with Gasteiger partial charge < -0.3 is 9.67 Å². The van der Waals surface area contributed by atoms with Gasteiger partial charge in [0.05, 0.1) is 5.69 Å². The van der Waals surface area contributed by atoms with Crippen LogP contribution in [0.5, 0.6) is 0 Å². The highest BCUT2D eigenvalue weighted by Gasteiger charge is 2.16. The summed E-state index contributed by atoms with van der Waals surface area (Å²) in [7, 11) is 0. The predicted octanol–water partition coefficient (Wildman–Crippen LogP) is 0.179. The molecule has 1 aliphatic heterocycles. The van der Waals surface area contributed by atoms with Crippen molar-refractivity contribution in [3.05, 3.63) is 23.5 Å². The molecule has 0 radical (unpaired) electrons. The molecule has 0 bridgehead atoms. The van der Waals surface area contributed by atoms with Gasteiger partial charge in [0.15, 0.2) is 5.82 Å². The Morgan fingerprint density at radius 1 is 1.21 bits per heavy atom. The van der Waals surface area contributed by atoms with E-state index in [1.54, 1.807) is 4.68 Å². The lowest BCUT2D eigenvalue weighted by Gasteiger charge is -2.14. The Morgan fingerprint density at radius 3 is 3.05 bits per heavy atom. The van der Waals surface area contributed by atoms with E-state index in [4.69, 9.17) is 5.11 Å². The lowest BCUT2D eigenvalue weighted by molar-refractivity contribution is 0.288. The van der Waals surface area contributed by atoms with Crippen LogP contribution in [-0.2, 0) is 25.9 Å². The number of aliphatic hydroxyl groups excluding tert-OH is 1. The molecule has 0 saturated carbocycles. The van der Waals surface area contributed by atoms with Crippen molar-refractivity contribution in [2.45, 2.75) is 45.2 Å². The predicted molar refractivity (Wildman–Crippen MR) is 67.5 cm³/mol. The van der Waals surface area contributed by atoms with Gasteiger partial charge in [-0.2, -0.15) is 0 Å². The minimum Gasteiger partial charge on any atom is -0.396 e. The van der Waals surface area contributed by atoms with Crippen LogP contribution in [0.2, 0.25) is 0 Å². The summed E-state index contributed by atoms with van der Waals surface area (Å²) < 4.78 is 3.98. The second-order valence-corrected chi connectivity index (χ2v) is 4.88. The molecule has 7 heteroatoms. The molecule has 2 aromatic heterocycles. The number of hydrogen-bond acceptors (Lipinski definition) is 5. The monoisotopic (exact) mass is 262 g/mol. The van der Waals surface area contributed by atoms with E-state index in [1.807, 2.05) is 6.20 Å². The maximum atomic E-state index is 8.80. The number of aryl methyl sites for hydroxylation is 2. The smallest absolute Gasteiger partial charge is 0.154 e. The van der Waals surface area contributed by atoms with Gasteiger partial charge in [-0.05, 0) is 25.7 Å². The van der Waals surface area contributed by atoms with Crippen molar-refractivity contribution in [3.8, 4) is 0 Å². The molecule has 0 aromatic carbocycles. The Hall–Kier alpha value is -1.76. The number of fused-ring (bicyclic) bond motifs is 1. The van der Waals surface area contributed by atoms with E-state index < -0.39 is 0 Å². The van der Waals surface area contributed by atoms with E-state index >= 15 is 0 Å². The van der Waals surface area contributed by atoms with E-state index in [1.165, 1.54) is 12.8 Å². The first-order valence-corrected chi connectivity index (χ1v) is 6.77. The van der Waals surface area contributed by atoms with Gasteiger partial charge in [-0.25, -0.2) is 4.68 Å². The maximum absolute atomic E-state index is 8.80. The summed E-state index contributed by atoms with van der Waals surface area (Å²) in [5.74, 6) is 2.04. The Balaban J connectivity index is 1.71. The van der Waals surface area contributed by atoms with Crippen LogP contribution in [0.4, 0.5) is 0 Å². The van der Waals surface area contributed by atoms with Gasteiger partial charge in [-0.1, -0.05) is 5.21 Å². The average molecular weight is 262 g/mol. The Bertz CT molecular complexity index is 546. The van der Waals surface area contributed by atoms with Crippen LogP contribution < -0.4 is 0 Å². The largest absolute Gasteiger partial charge is 0.396 e. The van der Waals surface area contributed by atoms with Crippen molar-refractivity contribution in [1.82, 2.24) is 29.8 Å². The highest BCUT2D eigenvalue weighted by molar-refractivity contribution is 5.00. The molecule has 7 nitrogen and oxygen atoms in total. The zero-order valence-corrected chi connectivity index (χ0v) is 10.9. The lowest BCUT2D eigenvalue weighted by atomic mass is 10.2. The second-order valence-electron chi connectivity index (χ2n) is 4.88. The maximum Gasteiger partial charge on any atom is 0.154 e. The molecule has 0 unspecified atom stereocenters. The molecular formula is C12H18N6O. The molecule has 0 fully saturated rings. The second kappa shape index (κ2) is 5.48. The number of nitrogens with zero attached hydrogens (tertiary/aromatic N) is 6. The average Bonchev–Trinajstić information content (AvgIpc) is 3.05. The third-order valence-electron chi connectivity index (χ3n) is 3.42. The van der Waals surface area contributed by atoms with Crippen molar-refractivity contribution in [3.63, 3.8) is 0 Å². The van der Waals surface area contributed by atoms with Crippen molar-refractivity contribution >= 4 is 0 Å². The Morgan fingerprint density at radius 2 is 2.16 bits per heavy atom. The number of rotatable bonds is 5. The van der Waals surface area contributed by atoms with E-state index in [9.17, 15) is 0 Å². The minimum atomic E-state index is 0.185. The fourth-order valence-corrected chi connectivity index (χ4v) is 2.42. The van der Waals surface area contributed by atoms with E-state index in [0.717, 1.165) is 43.1 Å². The third kappa shape index (κ3) is 2.65. The van der Waals surface area contributed by atoms with Gasteiger partial charge in [-0.15, -0.1) is 15.3 Å². The molecule has 0 saturated heterocycles. The Kier molecular flexibility index (Phi) is 3.54. The Labute approximate surface area is 111 Å². The first-order chi connectivity index (χ1) is 9.36. The summed E-state index contributed by atoms with van der Waals surface area (Å²) >= 11 is 0. The summed E-state index contributed by atoms with van der Waals surface area (Å²) in [5.41, 5.74) is 0.910. The van der Waals surface area contributed by atoms with Crippen LogP contribution in [0.1, 0.15) is 36.6 Å². The van der Waals surface area contributed by atoms with Crippen LogP contribution >= 0.6 is 0 Å². The molecule has 0 spiro atoms. The first kappa shape index (κ1) is 12.3. The fourth-order valence-electron chi connectivity index (χ4n) is 2.42. The van der Waals surface area contributed by atoms with Crippen molar-refractivity contribution in [2.75, 3.05) is 6.61 Å². The molecule has 102 valence electrons. The number of aliphatic hydroxyl groups is 1. The molecular weight excluding hydrogens is 244 g/mol. The highest BCUT2D eigenvalue weighted by Crippen LogP contribution is 2.14. The summed E-state index contributed by atoms with van der Waals surface area (Å²) in [4.78, 5) is 0. The SMILES string of the molecule is OCCCc1cn(Cc2nnc3n2CCCC3)nn1. The third-order valence-corrected chi connectivity index (χ3v) is 3.42. The molecule has 0 aliphatic carbocycles. The van der Waals surface area contributed by atoms with Crippen molar-refractivity contribution in [1.29, 1.82) is 0 Å². The quantitative estimate of drug-likeness (QED) is 0.831. The van der Waals surface area contributed by atoms with Crippen molar-refractivity contribution < 1.29 is 5.11 Å². The normalized spacial score (nSPS) is 14.6. The van der Waals surface area contributed by atoms with Crippen LogP contribution in [-0.4, -0.2) is 41.5 Å². The molecule has 0 atom stereocenters. The van der Waals surface area contributed by atoms with Gasteiger partial charge in [0.2, 0.25) is 0 Å². The van der Waals surface area contributed by atoms with Gasteiger partial charge in [0, 0.05) is 25.8 Å². The topological polar surface area (TPSA) is 81.6 Å². The summed E-state index contributed by atoms with van der Waals surface area (Å²) in [5, 5.41) is 25.5.